The van der Waals surface area contributed by atoms with Crippen molar-refractivity contribution in [2.75, 3.05) is 17.1 Å². The van der Waals surface area contributed by atoms with Gasteiger partial charge in [0, 0.05) is 25.6 Å². The first kappa shape index (κ1) is 29.2. The van der Waals surface area contributed by atoms with E-state index >= 15 is 0 Å². The molecule has 2 aromatic rings. The monoisotopic (exact) mass is 523 g/mol. The number of benzene rings is 2. The molecule has 0 saturated heterocycles. The molecule has 0 spiro atoms. The molecular formula is C26H35F2N3O4S. The van der Waals surface area contributed by atoms with Crippen molar-refractivity contribution in [1.82, 2.24) is 10.2 Å². The second-order valence-electron chi connectivity index (χ2n) is 8.78. The van der Waals surface area contributed by atoms with Crippen LogP contribution in [0, 0.1) is 11.6 Å². The van der Waals surface area contributed by atoms with Crippen LogP contribution in [0.3, 0.4) is 0 Å². The molecule has 1 N–H and O–H groups in total. The predicted molar refractivity (Wildman–Crippen MR) is 137 cm³/mol. The van der Waals surface area contributed by atoms with Crippen molar-refractivity contribution in [3.63, 3.8) is 0 Å². The summed E-state index contributed by atoms with van der Waals surface area (Å²) in [5.41, 5.74) is 0.568. The second-order valence-corrected chi connectivity index (χ2v) is 10.7. The van der Waals surface area contributed by atoms with Gasteiger partial charge in [-0.2, -0.15) is 0 Å². The van der Waals surface area contributed by atoms with E-state index < -0.39 is 27.7 Å². The third kappa shape index (κ3) is 8.29. The number of hydrogen-bond donors (Lipinski definition) is 1. The Labute approximate surface area is 212 Å². The van der Waals surface area contributed by atoms with Gasteiger partial charge < -0.3 is 10.2 Å². The number of carbonyl (C=O) groups excluding carboxylic acids is 2. The molecule has 0 aliphatic carbocycles. The Balaban J connectivity index is 2.23. The minimum absolute atomic E-state index is 0.0607. The van der Waals surface area contributed by atoms with Crippen molar-refractivity contribution in [2.24, 2.45) is 0 Å². The Hall–Kier alpha value is -3.01. The average Bonchev–Trinajstić information content (AvgIpc) is 2.82. The zero-order valence-electron chi connectivity index (χ0n) is 21.2. The molecule has 10 heteroatoms. The quantitative estimate of drug-likeness (QED) is 0.426. The van der Waals surface area contributed by atoms with Gasteiger partial charge >= 0.3 is 0 Å². The molecule has 2 rings (SSSR count). The number of carbonyl (C=O) groups is 2. The van der Waals surface area contributed by atoms with Crippen molar-refractivity contribution in [1.29, 1.82) is 0 Å². The highest BCUT2D eigenvalue weighted by molar-refractivity contribution is 7.92. The van der Waals surface area contributed by atoms with Gasteiger partial charge in [-0.05, 0) is 56.0 Å². The standard InChI is InChI=1S/C26H35F2N3O4S/c1-5-19(3)29-26(33)23(6-2)30(18-20-13-15-21(27)16-14-20)25(32)12-9-17-31(36(4,34)35)24-11-8-7-10-22(24)28/h7-8,10-11,13-16,19,23H,5-6,9,12,17-18H2,1-4H3,(H,29,33)/t19-,23+/m0/s1. The molecule has 0 unspecified atom stereocenters. The van der Waals surface area contributed by atoms with Gasteiger partial charge in [0.1, 0.15) is 17.7 Å². The number of anilines is 1. The zero-order chi connectivity index (χ0) is 26.9. The smallest absolute Gasteiger partial charge is 0.243 e. The van der Waals surface area contributed by atoms with Gasteiger partial charge in [-0.1, -0.05) is 38.1 Å². The fourth-order valence-corrected chi connectivity index (χ4v) is 4.75. The van der Waals surface area contributed by atoms with E-state index in [-0.39, 0.29) is 49.5 Å². The summed E-state index contributed by atoms with van der Waals surface area (Å²) in [5.74, 6) is -1.73. The first-order chi connectivity index (χ1) is 17.0. The number of sulfonamides is 1. The van der Waals surface area contributed by atoms with Crippen molar-refractivity contribution < 1.29 is 26.8 Å². The van der Waals surface area contributed by atoms with Crippen LogP contribution in [-0.2, 0) is 26.2 Å². The van der Waals surface area contributed by atoms with Gasteiger partial charge in [0.2, 0.25) is 21.8 Å². The molecule has 0 aromatic heterocycles. The van der Waals surface area contributed by atoms with E-state index in [9.17, 15) is 26.8 Å². The lowest BCUT2D eigenvalue weighted by Crippen LogP contribution is -2.50. The Kier molecular flexibility index (Phi) is 10.8. The molecule has 198 valence electrons. The van der Waals surface area contributed by atoms with Crippen LogP contribution in [0.15, 0.2) is 48.5 Å². The van der Waals surface area contributed by atoms with Gasteiger partial charge in [-0.25, -0.2) is 17.2 Å². The van der Waals surface area contributed by atoms with Crippen molar-refractivity contribution >= 4 is 27.5 Å². The number of rotatable bonds is 13. The fraction of sp³-hybridized carbons (Fsp3) is 0.462. The van der Waals surface area contributed by atoms with Crippen LogP contribution in [0.1, 0.15) is 52.0 Å². The normalized spacial score (nSPS) is 13.1. The molecule has 0 aliphatic rings. The summed E-state index contributed by atoms with van der Waals surface area (Å²) < 4.78 is 53.2. The largest absolute Gasteiger partial charge is 0.352 e. The van der Waals surface area contributed by atoms with Crippen LogP contribution < -0.4 is 9.62 Å². The summed E-state index contributed by atoms with van der Waals surface area (Å²) in [6, 6.07) is 10.4. The molecular weight excluding hydrogens is 488 g/mol. The van der Waals surface area contributed by atoms with Gasteiger partial charge in [-0.15, -0.1) is 0 Å². The van der Waals surface area contributed by atoms with Crippen LogP contribution in [-0.4, -0.2) is 50.0 Å². The van der Waals surface area contributed by atoms with E-state index in [4.69, 9.17) is 0 Å². The molecule has 7 nitrogen and oxygen atoms in total. The second kappa shape index (κ2) is 13.3. The fourth-order valence-electron chi connectivity index (χ4n) is 3.78. The molecule has 0 radical (unpaired) electrons. The zero-order valence-corrected chi connectivity index (χ0v) is 22.0. The topological polar surface area (TPSA) is 86.8 Å². The summed E-state index contributed by atoms with van der Waals surface area (Å²) in [7, 11) is -3.79. The molecule has 2 amide bonds. The SMILES string of the molecule is CC[C@H](C(=O)N[C@@H](C)CC)N(Cc1ccc(F)cc1)C(=O)CCCN(c1ccccc1F)S(C)(=O)=O. The highest BCUT2D eigenvalue weighted by Crippen LogP contribution is 2.22. The van der Waals surface area contributed by atoms with Crippen molar-refractivity contribution in [3.05, 3.63) is 65.7 Å². The Bertz CT molecular complexity index is 1130. The summed E-state index contributed by atoms with van der Waals surface area (Å²) in [4.78, 5) is 27.8. The van der Waals surface area contributed by atoms with Crippen molar-refractivity contribution in [3.8, 4) is 0 Å². The average molecular weight is 524 g/mol. The van der Waals surface area contributed by atoms with Crippen molar-refractivity contribution in [2.45, 2.75) is 65.1 Å². The van der Waals surface area contributed by atoms with Crippen LogP contribution in [0.5, 0.6) is 0 Å². The summed E-state index contributed by atoms with van der Waals surface area (Å²) in [6.07, 6.45) is 2.12. The van der Waals surface area contributed by atoms with Gasteiger partial charge in [0.15, 0.2) is 0 Å². The summed E-state index contributed by atoms with van der Waals surface area (Å²) >= 11 is 0. The Morgan fingerprint density at radius 1 is 1.00 bits per heavy atom. The molecule has 0 heterocycles. The lowest BCUT2D eigenvalue weighted by molar-refractivity contribution is -0.141. The highest BCUT2D eigenvalue weighted by atomic mass is 32.2. The van der Waals surface area contributed by atoms with Crippen LogP contribution >= 0.6 is 0 Å². The minimum Gasteiger partial charge on any atom is -0.352 e. The van der Waals surface area contributed by atoms with Crippen LogP contribution in [0.2, 0.25) is 0 Å². The number of nitrogens with one attached hydrogen (secondary N) is 1. The molecule has 2 aromatic carbocycles. The van der Waals surface area contributed by atoms with E-state index in [1.807, 2.05) is 13.8 Å². The van der Waals surface area contributed by atoms with E-state index in [2.05, 4.69) is 5.32 Å². The maximum Gasteiger partial charge on any atom is 0.243 e. The highest BCUT2D eigenvalue weighted by Gasteiger charge is 2.29. The maximum atomic E-state index is 14.3. The van der Waals surface area contributed by atoms with E-state index in [0.717, 1.165) is 17.0 Å². The van der Waals surface area contributed by atoms with Gasteiger partial charge in [-0.3, -0.25) is 13.9 Å². The first-order valence-corrected chi connectivity index (χ1v) is 13.9. The van der Waals surface area contributed by atoms with Crippen LogP contribution in [0.25, 0.3) is 0 Å². The molecule has 36 heavy (non-hydrogen) atoms. The van der Waals surface area contributed by atoms with Crippen LogP contribution in [0.4, 0.5) is 14.5 Å². The summed E-state index contributed by atoms with van der Waals surface area (Å²) in [5, 5.41) is 2.91. The Morgan fingerprint density at radius 3 is 2.19 bits per heavy atom. The Morgan fingerprint density at radius 2 is 1.64 bits per heavy atom. The third-order valence-corrected chi connectivity index (χ3v) is 7.11. The number of amides is 2. The minimum atomic E-state index is -3.79. The number of nitrogens with zero attached hydrogens (tertiary/aromatic N) is 2. The molecule has 0 fully saturated rings. The third-order valence-electron chi connectivity index (χ3n) is 5.93. The summed E-state index contributed by atoms with van der Waals surface area (Å²) in [6.45, 7) is 5.60. The molecule has 0 aliphatic heterocycles. The molecule has 0 bridgehead atoms. The number of hydrogen-bond acceptors (Lipinski definition) is 4. The van der Waals surface area contributed by atoms with E-state index in [1.165, 1.54) is 41.3 Å². The van der Waals surface area contributed by atoms with Gasteiger partial charge in [0.05, 0.1) is 11.9 Å². The number of halogens is 2. The first-order valence-electron chi connectivity index (χ1n) is 12.0. The molecule has 2 atom stereocenters. The number of para-hydroxylation sites is 1. The lowest BCUT2D eigenvalue weighted by Gasteiger charge is -2.32. The van der Waals surface area contributed by atoms with E-state index in [0.29, 0.717) is 12.0 Å². The molecule has 0 saturated carbocycles. The lowest BCUT2D eigenvalue weighted by atomic mass is 10.1. The van der Waals surface area contributed by atoms with Gasteiger partial charge in [0.25, 0.3) is 0 Å². The maximum absolute atomic E-state index is 14.3. The predicted octanol–water partition coefficient (Wildman–Crippen LogP) is 4.23. The van der Waals surface area contributed by atoms with E-state index in [1.54, 1.807) is 19.1 Å².